The second kappa shape index (κ2) is 4.72. The maximum absolute atomic E-state index is 10.6. The van der Waals surface area contributed by atoms with Gasteiger partial charge in [-0.15, -0.1) is 5.10 Å². The van der Waals surface area contributed by atoms with Crippen LogP contribution in [0.25, 0.3) is 0 Å². The number of carbonyl (C=O) groups is 1. The van der Waals surface area contributed by atoms with E-state index in [0.717, 1.165) is 12.8 Å². The Bertz CT molecular complexity index is 562. The number of nitrogens with zero attached hydrogens (tertiary/aromatic N) is 3. The van der Waals surface area contributed by atoms with Crippen LogP contribution in [0.4, 0.5) is 0 Å². The number of hydrogen-bond acceptors (Lipinski definition) is 3. The van der Waals surface area contributed by atoms with Gasteiger partial charge in [0.2, 0.25) is 0 Å². The summed E-state index contributed by atoms with van der Waals surface area (Å²) in [6.07, 6.45) is 6.01. The van der Waals surface area contributed by atoms with Gasteiger partial charge in [-0.3, -0.25) is 9.48 Å². The molecule has 3 rings (SSSR count). The SMILES string of the molecule is O=Cc1cn(CC2CCCc3ccccc32)nn1. The molecule has 2 aromatic rings. The summed E-state index contributed by atoms with van der Waals surface area (Å²) < 4.78 is 1.77. The topological polar surface area (TPSA) is 47.8 Å². The van der Waals surface area contributed by atoms with Crippen molar-refractivity contribution < 1.29 is 4.79 Å². The first kappa shape index (κ1) is 11.1. The third kappa shape index (κ3) is 2.06. The van der Waals surface area contributed by atoms with Gasteiger partial charge in [0.05, 0.1) is 6.20 Å². The molecule has 1 unspecified atom stereocenters. The molecule has 4 heteroatoms. The van der Waals surface area contributed by atoms with E-state index in [1.807, 2.05) is 0 Å². The first-order valence-electron chi connectivity index (χ1n) is 6.30. The van der Waals surface area contributed by atoms with Gasteiger partial charge < -0.3 is 0 Å². The quantitative estimate of drug-likeness (QED) is 0.774. The molecule has 1 aliphatic rings. The van der Waals surface area contributed by atoms with Crippen LogP contribution in [0.15, 0.2) is 30.5 Å². The van der Waals surface area contributed by atoms with Crippen LogP contribution in [0.2, 0.25) is 0 Å². The number of aldehydes is 1. The van der Waals surface area contributed by atoms with E-state index >= 15 is 0 Å². The maximum Gasteiger partial charge on any atom is 0.171 e. The Morgan fingerprint density at radius 3 is 3.11 bits per heavy atom. The second-order valence-corrected chi connectivity index (χ2v) is 4.77. The molecule has 0 spiro atoms. The minimum absolute atomic E-state index is 0.402. The van der Waals surface area contributed by atoms with Crippen molar-refractivity contribution >= 4 is 6.29 Å². The fourth-order valence-electron chi connectivity index (χ4n) is 2.73. The van der Waals surface area contributed by atoms with Gasteiger partial charge in [0.1, 0.15) is 5.69 Å². The Labute approximate surface area is 106 Å². The van der Waals surface area contributed by atoms with Crippen molar-refractivity contribution in [1.29, 1.82) is 0 Å². The number of benzene rings is 1. The van der Waals surface area contributed by atoms with Crippen molar-refractivity contribution in [2.45, 2.75) is 31.7 Å². The number of fused-ring (bicyclic) bond motifs is 1. The van der Waals surface area contributed by atoms with Crippen molar-refractivity contribution in [1.82, 2.24) is 15.0 Å². The van der Waals surface area contributed by atoms with Gasteiger partial charge in [-0.2, -0.15) is 0 Å². The van der Waals surface area contributed by atoms with Gasteiger partial charge in [0.25, 0.3) is 0 Å². The van der Waals surface area contributed by atoms with E-state index in [4.69, 9.17) is 0 Å². The lowest BCUT2D eigenvalue weighted by Gasteiger charge is -2.25. The Morgan fingerprint density at radius 2 is 2.28 bits per heavy atom. The predicted octanol–water partition coefficient (Wildman–Crippen LogP) is 2.21. The van der Waals surface area contributed by atoms with Crippen LogP contribution in [0.1, 0.15) is 40.4 Å². The van der Waals surface area contributed by atoms with E-state index in [1.54, 1.807) is 10.9 Å². The zero-order valence-electron chi connectivity index (χ0n) is 10.1. The zero-order chi connectivity index (χ0) is 12.4. The highest BCUT2D eigenvalue weighted by Gasteiger charge is 2.20. The highest BCUT2D eigenvalue weighted by atomic mass is 16.1. The first-order chi connectivity index (χ1) is 8.86. The zero-order valence-corrected chi connectivity index (χ0v) is 10.1. The third-order valence-electron chi connectivity index (χ3n) is 3.58. The molecule has 0 aliphatic heterocycles. The molecule has 0 saturated carbocycles. The summed E-state index contributed by atoms with van der Waals surface area (Å²) in [6, 6.07) is 8.60. The molecular formula is C14H15N3O. The number of rotatable bonds is 3. The van der Waals surface area contributed by atoms with Crippen molar-refractivity contribution in [2.75, 3.05) is 0 Å². The minimum Gasteiger partial charge on any atom is -0.296 e. The summed E-state index contributed by atoms with van der Waals surface area (Å²) in [7, 11) is 0. The van der Waals surface area contributed by atoms with Gasteiger partial charge in [0.15, 0.2) is 6.29 Å². The molecule has 0 bridgehead atoms. The van der Waals surface area contributed by atoms with Crippen LogP contribution in [0, 0.1) is 0 Å². The maximum atomic E-state index is 10.6. The van der Waals surface area contributed by atoms with Gasteiger partial charge in [0, 0.05) is 12.5 Å². The molecule has 18 heavy (non-hydrogen) atoms. The van der Waals surface area contributed by atoms with Crippen molar-refractivity contribution in [3.8, 4) is 0 Å². The third-order valence-corrected chi connectivity index (χ3v) is 3.58. The fraction of sp³-hybridized carbons (Fsp3) is 0.357. The molecule has 1 heterocycles. The molecule has 92 valence electrons. The standard InChI is InChI=1S/C14H15N3O/c18-10-13-9-17(16-15-13)8-12-6-3-5-11-4-1-2-7-14(11)12/h1-2,4,7,9-10,12H,3,5-6,8H2. The van der Waals surface area contributed by atoms with Crippen molar-refractivity contribution in [3.05, 3.63) is 47.3 Å². The monoisotopic (exact) mass is 241 g/mol. The molecular weight excluding hydrogens is 226 g/mol. The van der Waals surface area contributed by atoms with Crippen LogP contribution in [0.5, 0.6) is 0 Å². The first-order valence-corrected chi connectivity index (χ1v) is 6.30. The molecule has 1 aromatic carbocycles. The summed E-state index contributed by atoms with van der Waals surface area (Å²) in [5.74, 6) is 0.483. The molecule has 0 saturated heterocycles. The second-order valence-electron chi connectivity index (χ2n) is 4.77. The van der Waals surface area contributed by atoms with Crippen LogP contribution in [-0.2, 0) is 13.0 Å². The molecule has 0 amide bonds. The van der Waals surface area contributed by atoms with E-state index < -0.39 is 0 Å². The smallest absolute Gasteiger partial charge is 0.171 e. The van der Waals surface area contributed by atoms with Crippen LogP contribution in [0.3, 0.4) is 0 Å². The van der Waals surface area contributed by atoms with Crippen molar-refractivity contribution in [2.24, 2.45) is 0 Å². The lowest BCUT2D eigenvalue weighted by atomic mass is 9.83. The molecule has 4 nitrogen and oxygen atoms in total. The summed E-state index contributed by atoms with van der Waals surface area (Å²) in [5.41, 5.74) is 3.27. The lowest BCUT2D eigenvalue weighted by molar-refractivity contribution is 0.111. The highest BCUT2D eigenvalue weighted by Crippen LogP contribution is 2.32. The van der Waals surface area contributed by atoms with Crippen LogP contribution >= 0.6 is 0 Å². The van der Waals surface area contributed by atoms with E-state index in [2.05, 4.69) is 34.6 Å². The lowest BCUT2D eigenvalue weighted by Crippen LogP contribution is -2.15. The van der Waals surface area contributed by atoms with Crippen molar-refractivity contribution in [3.63, 3.8) is 0 Å². The Hall–Kier alpha value is -1.97. The van der Waals surface area contributed by atoms with E-state index in [-0.39, 0.29) is 0 Å². The largest absolute Gasteiger partial charge is 0.296 e. The Kier molecular flexibility index (Phi) is 2.92. The van der Waals surface area contributed by atoms with Gasteiger partial charge in [-0.25, -0.2) is 0 Å². The van der Waals surface area contributed by atoms with E-state index in [1.165, 1.54) is 30.4 Å². The average molecular weight is 241 g/mol. The molecule has 0 N–H and O–H groups in total. The number of aromatic nitrogens is 3. The predicted molar refractivity (Wildman–Crippen MR) is 67.5 cm³/mol. The average Bonchev–Trinajstić information content (AvgIpc) is 2.87. The summed E-state index contributed by atoms with van der Waals surface area (Å²) in [6.45, 7) is 0.803. The summed E-state index contributed by atoms with van der Waals surface area (Å²) in [4.78, 5) is 10.6. The van der Waals surface area contributed by atoms with E-state index in [9.17, 15) is 4.79 Å². The number of carbonyl (C=O) groups excluding carboxylic acids is 1. The Balaban J connectivity index is 1.83. The minimum atomic E-state index is 0.402. The van der Waals surface area contributed by atoms with Gasteiger partial charge in [-0.1, -0.05) is 29.5 Å². The molecule has 1 aromatic heterocycles. The van der Waals surface area contributed by atoms with Gasteiger partial charge >= 0.3 is 0 Å². The number of hydrogen-bond donors (Lipinski definition) is 0. The summed E-state index contributed by atoms with van der Waals surface area (Å²) in [5, 5.41) is 7.79. The molecule has 1 aliphatic carbocycles. The summed E-state index contributed by atoms with van der Waals surface area (Å²) >= 11 is 0. The van der Waals surface area contributed by atoms with Crippen LogP contribution in [-0.4, -0.2) is 21.3 Å². The highest BCUT2D eigenvalue weighted by molar-refractivity contribution is 5.70. The van der Waals surface area contributed by atoms with E-state index in [0.29, 0.717) is 11.6 Å². The molecule has 0 radical (unpaired) electrons. The molecule has 1 atom stereocenters. The Morgan fingerprint density at radius 1 is 1.39 bits per heavy atom. The fourth-order valence-corrected chi connectivity index (χ4v) is 2.73. The number of aryl methyl sites for hydroxylation is 1. The molecule has 0 fully saturated rings. The normalized spacial score (nSPS) is 18.3. The van der Waals surface area contributed by atoms with Gasteiger partial charge in [-0.05, 0) is 30.4 Å². The van der Waals surface area contributed by atoms with Crippen LogP contribution < -0.4 is 0 Å².